The molecular weight excluding hydrogens is 246 g/mol. The van der Waals surface area contributed by atoms with Crippen LogP contribution in [0.5, 0.6) is 0 Å². The minimum absolute atomic E-state index is 0.523. The number of hydrogen-bond acceptors (Lipinski definition) is 3. The third kappa shape index (κ3) is 3.14. The van der Waals surface area contributed by atoms with Crippen molar-refractivity contribution in [1.29, 1.82) is 0 Å². The van der Waals surface area contributed by atoms with E-state index < -0.39 is 0 Å². The zero-order valence-electron chi connectivity index (χ0n) is 11.3. The maximum Gasteiger partial charge on any atom is 0.137 e. The van der Waals surface area contributed by atoms with E-state index in [0.29, 0.717) is 10.6 Å². The van der Waals surface area contributed by atoms with E-state index in [-0.39, 0.29) is 0 Å². The molecule has 100 valence electrons. The Morgan fingerprint density at radius 2 is 2.06 bits per heavy atom. The Balaban J connectivity index is 2.02. The summed E-state index contributed by atoms with van der Waals surface area (Å²) in [5.74, 6) is 0.930. The van der Waals surface area contributed by atoms with Crippen LogP contribution in [0.1, 0.15) is 51.5 Å². The van der Waals surface area contributed by atoms with Crippen LogP contribution in [0.3, 0.4) is 0 Å². The van der Waals surface area contributed by atoms with Crippen molar-refractivity contribution in [3.63, 3.8) is 0 Å². The molecule has 0 spiro atoms. The molecular formula is C14H22ClN3. The summed E-state index contributed by atoms with van der Waals surface area (Å²) < 4.78 is 0. The van der Waals surface area contributed by atoms with Crippen molar-refractivity contribution in [3.05, 3.63) is 17.0 Å². The fraction of sp³-hybridized carbons (Fsp3) is 0.714. The molecule has 4 heteroatoms. The van der Waals surface area contributed by atoms with Gasteiger partial charge in [-0.05, 0) is 31.1 Å². The maximum absolute atomic E-state index is 6.14. The lowest BCUT2D eigenvalue weighted by Crippen LogP contribution is -2.17. The predicted molar refractivity (Wildman–Crippen MR) is 76.1 cm³/mol. The van der Waals surface area contributed by atoms with E-state index in [9.17, 15) is 0 Å². The summed E-state index contributed by atoms with van der Waals surface area (Å²) in [6.45, 7) is 5.42. The average Bonchev–Trinajstić information content (AvgIpc) is 3.11. The third-order valence-corrected chi connectivity index (χ3v) is 4.09. The lowest BCUT2D eigenvalue weighted by molar-refractivity contribution is 0.485. The first-order chi connectivity index (χ1) is 8.71. The van der Waals surface area contributed by atoms with Crippen LogP contribution in [-0.2, 0) is 6.42 Å². The molecule has 1 saturated carbocycles. The molecule has 0 unspecified atom stereocenters. The predicted octanol–water partition coefficient (Wildman–Crippen LogP) is 4.07. The second kappa shape index (κ2) is 5.87. The topological polar surface area (TPSA) is 37.8 Å². The van der Waals surface area contributed by atoms with E-state index in [4.69, 9.17) is 11.6 Å². The van der Waals surface area contributed by atoms with Gasteiger partial charge in [0.2, 0.25) is 0 Å². The Hall–Kier alpha value is -0.830. The van der Waals surface area contributed by atoms with Gasteiger partial charge in [0.1, 0.15) is 17.3 Å². The Labute approximate surface area is 114 Å². The van der Waals surface area contributed by atoms with Crippen molar-refractivity contribution in [3.8, 4) is 0 Å². The van der Waals surface area contributed by atoms with Crippen molar-refractivity contribution in [2.24, 2.45) is 5.41 Å². The highest BCUT2D eigenvalue weighted by atomic mass is 35.5. The normalized spacial score (nSPS) is 16.6. The molecule has 0 bridgehead atoms. The van der Waals surface area contributed by atoms with Crippen LogP contribution < -0.4 is 5.32 Å². The monoisotopic (exact) mass is 267 g/mol. The second-order valence-electron chi connectivity index (χ2n) is 5.35. The van der Waals surface area contributed by atoms with Gasteiger partial charge in [-0.2, -0.15) is 0 Å². The van der Waals surface area contributed by atoms with Gasteiger partial charge < -0.3 is 5.32 Å². The molecule has 18 heavy (non-hydrogen) atoms. The minimum atomic E-state index is 0.523. The molecule has 1 aromatic heterocycles. The van der Waals surface area contributed by atoms with Crippen LogP contribution in [0.4, 0.5) is 5.82 Å². The summed E-state index contributed by atoms with van der Waals surface area (Å²) in [6.07, 6.45) is 8.79. The minimum Gasteiger partial charge on any atom is -0.369 e. The van der Waals surface area contributed by atoms with Crippen LogP contribution in [0.15, 0.2) is 6.33 Å². The standard InChI is InChI=1S/C14H22ClN3/c1-3-5-11-12(15)17-10-18-13(11)16-9-14(6-4-2)7-8-14/h10H,3-9H2,1-2H3,(H,16,17,18). The lowest BCUT2D eigenvalue weighted by Gasteiger charge is -2.17. The first kappa shape index (κ1) is 13.6. The molecule has 0 atom stereocenters. The van der Waals surface area contributed by atoms with Gasteiger partial charge in [0.15, 0.2) is 0 Å². The smallest absolute Gasteiger partial charge is 0.137 e. The first-order valence-corrected chi connectivity index (χ1v) is 7.32. The zero-order valence-corrected chi connectivity index (χ0v) is 12.1. The van der Waals surface area contributed by atoms with Gasteiger partial charge in [-0.25, -0.2) is 9.97 Å². The zero-order chi connectivity index (χ0) is 13.0. The lowest BCUT2D eigenvalue weighted by atomic mass is 10.0. The van der Waals surface area contributed by atoms with E-state index in [1.165, 1.54) is 25.7 Å². The van der Waals surface area contributed by atoms with Gasteiger partial charge in [0, 0.05) is 12.1 Å². The molecule has 1 heterocycles. The number of aromatic nitrogens is 2. The van der Waals surface area contributed by atoms with E-state index in [1.807, 2.05) is 0 Å². The highest BCUT2D eigenvalue weighted by Crippen LogP contribution is 2.49. The maximum atomic E-state index is 6.14. The largest absolute Gasteiger partial charge is 0.369 e. The molecule has 0 amide bonds. The number of nitrogens with one attached hydrogen (secondary N) is 1. The van der Waals surface area contributed by atoms with Gasteiger partial charge in [0.05, 0.1) is 0 Å². The molecule has 1 aromatic rings. The molecule has 3 nitrogen and oxygen atoms in total. The van der Waals surface area contributed by atoms with E-state index in [1.54, 1.807) is 6.33 Å². The summed E-state index contributed by atoms with van der Waals surface area (Å²) in [6, 6.07) is 0. The third-order valence-electron chi connectivity index (χ3n) is 3.76. The van der Waals surface area contributed by atoms with Crippen molar-refractivity contribution in [2.75, 3.05) is 11.9 Å². The van der Waals surface area contributed by atoms with Crippen molar-refractivity contribution < 1.29 is 0 Å². The highest BCUT2D eigenvalue weighted by Gasteiger charge is 2.41. The molecule has 0 radical (unpaired) electrons. The van der Waals surface area contributed by atoms with Gasteiger partial charge in [0.25, 0.3) is 0 Å². The Morgan fingerprint density at radius 1 is 1.28 bits per heavy atom. The number of anilines is 1. The molecule has 1 aliphatic carbocycles. The van der Waals surface area contributed by atoms with Gasteiger partial charge in [-0.15, -0.1) is 0 Å². The second-order valence-corrected chi connectivity index (χ2v) is 5.70. The van der Waals surface area contributed by atoms with Crippen molar-refractivity contribution >= 4 is 17.4 Å². The van der Waals surface area contributed by atoms with E-state index >= 15 is 0 Å². The van der Waals surface area contributed by atoms with E-state index in [2.05, 4.69) is 29.1 Å². The molecule has 0 aromatic carbocycles. The fourth-order valence-electron chi connectivity index (χ4n) is 2.51. The van der Waals surface area contributed by atoms with Gasteiger partial charge in [-0.1, -0.05) is 38.3 Å². The van der Waals surface area contributed by atoms with Crippen LogP contribution in [0.2, 0.25) is 5.15 Å². The Bertz CT molecular complexity index is 402. The van der Waals surface area contributed by atoms with Crippen LogP contribution in [0, 0.1) is 5.41 Å². The summed E-state index contributed by atoms with van der Waals surface area (Å²) >= 11 is 6.14. The van der Waals surface area contributed by atoms with Gasteiger partial charge >= 0.3 is 0 Å². The Morgan fingerprint density at radius 3 is 2.67 bits per heavy atom. The van der Waals surface area contributed by atoms with Crippen LogP contribution in [-0.4, -0.2) is 16.5 Å². The van der Waals surface area contributed by atoms with Crippen molar-refractivity contribution in [2.45, 2.75) is 52.4 Å². The molecule has 0 saturated heterocycles. The molecule has 2 rings (SSSR count). The van der Waals surface area contributed by atoms with Crippen molar-refractivity contribution in [1.82, 2.24) is 9.97 Å². The number of halogens is 1. The average molecular weight is 268 g/mol. The molecule has 1 fully saturated rings. The fourth-order valence-corrected chi connectivity index (χ4v) is 2.74. The molecule has 0 aliphatic heterocycles. The quantitative estimate of drug-likeness (QED) is 0.757. The van der Waals surface area contributed by atoms with E-state index in [0.717, 1.165) is 30.8 Å². The van der Waals surface area contributed by atoms with Gasteiger partial charge in [-0.3, -0.25) is 0 Å². The highest BCUT2D eigenvalue weighted by molar-refractivity contribution is 6.30. The summed E-state index contributed by atoms with van der Waals surface area (Å²) in [4.78, 5) is 8.41. The van der Waals surface area contributed by atoms with Crippen LogP contribution in [0.25, 0.3) is 0 Å². The Kier molecular flexibility index (Phi) is 4.44. The molecule has 1 aliphatic rings. The molecule has 1 N–H and O–H groups in total. The summed E-state index contributed by atoms with van der Waals surface area (Å²) in [5.41, 5.74) is 1.59. The SMILES string of the molecule is CCCc1c(Cl)ncnc1NCC1(CCC)CC1. The number of rotatable bonds is 7. The van der Waals surface area contributed by atoms with Crippen LogP contribution >= 0.6 is 11.6 Å². The number of hydrogen-bond donors (Lipinski definition) is 1. The summed E-state index contributed by atoms with van der Waals surface area (Å²) in [5, 5.41) is 4.08. The summed E-state index contributed by atoms with van der Waals surface area (Å²) in [7, 11) is 0. The first-order valence-electron chi connectivity index (χ1n) is 6.94. The number of nitrogens with zero attached hydrogens (tertiary/aromatic N) is 2.